The molecule has 1 N–H and O–H groups in total. The van der Waals surface area contributed by atoms with Gasteiger partial charge in [-0.15, -0.1) is 0 Å². The van der Waals surface area contributed by atoms with Crippen LogP contribution in [0, 0.1) is 0 Å². The van der Waals surface area contributed by atoms with Crippen molar-refractivity contribution >= 4 is 12.0 Å². The molecule has 1 saturated heterocycles. The van der Waals surface area contributed by atoms with E-state index in [0.717, 1.165) is 38.3 Å². The first-order valence-corrected chi connectivity index (χ1v) is 8.68. The summed E-state index contributed by atoms with van der Waals surface area (Å²) in [6.45, 7) is 5.00. The van der Waals surface area contributed by atoms with Crippen LogP contribution in [0.15, 0.2) is 59.2 Å². The van der Waals surface area contributed by atoms with E-state index < -0.39 is 0 Å². The number of nitrogens with zero attached hydrogens (tertiary/aromatic N) is 2. The van der Waals surface area contributed by atoms with Gasteiger partial charge in [0.25, 0.3) is 0 Å². The molecular formula is C20H25N3O2. The van der Waals surface area contributed by atoms with Gasteiger partial charge in [0.2, 0.25) is 5.91 Å². The molecule has 1 aliphatic rings. The Morgan fingerprint density at radius 3 is 2.60 bits per heavy atom. The van der Waals surface area contributed by atoms with E-state index in [1.807, 2.05) is 24.3 Å². The summed E-state index contributed by atoms with van der Waals surface area (Å²) in [6.07, 6.45) is 4.81. The third-order valence-corrected chi connectivity index (χ3v) is 4.50. The minimum atomic E-state index is -0.112. The van der Waals surface area contributed by atoms with E-state index in [1.165, 1.54) is 6.08 Å². The Labute approximate surface area is 148 Å². The molecule has 0 radical (unpaired) electrons. The Morgan fingerprint density at radius 2 is 1.92 bits per heavy atom. The van der Waals surface area contributed by atoms with Crippen molar-refractivity contribution in [2.75, 3.05) is 39.8 Å². The normalized spacial score (nSPS) is 17.6. The van der Waals surface area contributed by atoms with Crippen LogP contribution in [0.4, 0.5) is 0 Å². The Hall–Kier alpha value is -2.37. The number of amides is 1. The highest BCUT2D eigenvalue weighted by Gasteiger charge is 2.20. The van der Waals surface area contributed by atoms with Gasteiger partial charge in [0, 0.05) is 38.8 Å². The molecule has 1 amide bonds. The van der Waals surface area contributed by atoms with E-state index in [-0.39, 0.29) is 11.9 Å². The first-order valence-electron chi connectivity index (χ1n) is 8.68. The summed E-state index contributed by atoms with van der Waals surface area (Å²) in [5.74, 6) is 0.560. The minimum absolute atomic E-state index is 0.0293. The summed E-state index contributed by atoms with van der Waals surface area (Å²) in [6, 6.07) is 13.7. The van der Waals surface area contributed by atoms with Gasteiger partial charge in [-0.05, 0) is 30.8 Å². The second-order valence-electron chi connectivity index (χ2n) is 6.42. The van der Waals surface area contributed by atoms with Crippen molar-refractivity contribution in [1.82, 2.24) is 15.1 Å². The second kappa shape index (κ2) is 8.65. The Bertz CT molecular complexity index is 674. The summed E-state index contributed by atoms with van der Waals surface area (Å²) in [4.78, 5) is 17.1. The summed E-state index contributed by atoms with van der Waals surface area (Å²) >= 11 is 0. The predicted octanol–water partition coefficient (Wildman–Crippen LogP) is 2.40. The van der Waals surface area contributed by atoms with Gasteiger partial charge in [-0.1, -0.05) is 30.3 Å². The maximum Gasteiger partial charge on any atom is 0.244 e. The van der Waals surface area contributed by atoms with E-state index in [4.69, 9.17) is 4.42 Å². The summed E-state index contributed by atoms with van der Waals surface area (Å²) in [5, 5.41) is 3.13. The molecule has 0 spiro atoms. The largest absolute Gasteiger partial charge is 0.465 e. The molecule has 1 fully saturated rings. The second-order valence-corrected chi connectivity index (χ2v) is 6.42. The van der Waals surface area contributed by atoms with Gasteiger partial charge in [-0.2, -0.15) is 0 Å². The Balaban J connectivity index is 1.65. The minimum Gasteiger partial charge on any atom is -0.465 e. The van der Waals surface area contributed by atoms with Crippen LogP contribution in [0.1, 0.15) is 17.4 Å². The Morgan fingerprint density at radius 1 is 1.16 bits per heavy atom. The van der Waals surface area contributed by atoms with Crippen LogP contribution >= 0.6 is 0 Å². The van der Waals surface area contributed by atoms with Crippen molar-refractivity contribution < 1.29 is 9.21 Å². The van der Waals surface area contributed by atoms with Gasteiger partial charge < -0.3 is 14.6 Å². The molecule has 1 aromatic heterocycles. The summed E-state index contributed by atoms with van der Waals surface area (Å²) in [7, 11) is 2.15. The topological polar surface area (TPSA) is 48.7 Å². The molecule has 5 nitrogen and oxygen atoms in total. The maximum atomic E-state index is 12.3. The average Bonchev–Trinajstić information content (AvgIpc) is 3.16. The molecule has 25 heavy (non-hydrogen) atoms. The molecule has 132 valence electrons. The van der Waals surface area contributed by atoms with Crippen LogP contribution in [-0.2, 0) is 4.79 Å². The molecule has 2 heterocycles. The molecule has 1 aromatic carbocycles. The zero-order chi connectivity index (χ0) is 17.5. The highest BCUT2D eigenvalue weighted by Crippen LogP contribution is 2.15. The zero-order valence-electron chi connectivity index (χ0n) is 14.6. The standard InChI is InChI=1S/C20H25N3O2/c1-22-11-13-23(14-12-22)16-19(17-6-3-2-4-7-17)21-20(24)10-9-18-8-5-15-25-18/h2-10,15,19H,11-14,16H2,1H3,(H,21,24)/b10-9-/t19-/m1/s1. The van der Waals surface area contributed by atoms with E-state index in [1.54, 1.807) is 18.4 Å². The SMILES string of the molecule is CN1CCN(C[C@@H](NC(=O)/C=C\c2ccco2)c2ccccc2)CC1. The number of rotatable bonds is 6. The van der Waals surface area contributed by atoms with Crippen LogP contribution in [-0.4, -0.2) is 55.5 Å². The van der Waals surface area contributed by atoms with Crippen molar-refractivity contribution in [3.63, 3.8) is 0 Å². The number of furan rings is 1. The van der Waals surface area contributed by atoms with Crippen molar-refractivity contribution in [1.29, 1.82) is 0 Å². The van der Waals surface area contributed by atoms with Crippen LogP contribution in [0.3, 0.4) is 0 Å². The van der Waals surface area contributed by atoms with Crippen LogP contribution in [0.5, 0.6) is 0 Å². The number of carbonyl (C=O) groups is 1. The van der Waals surface area contributed by atoms with E-state index in [2.05, 4.69) is 34.3 Å². The molecule has 0 unspecified atom stereocenters. The number of carbonyl (C=O) groups excluding carboxylic acids is 1. The highest BCUT2D eigenvalue weighted by atomic mass is 16.3. The monoisotopic (exact) mass is 339 g/mol. The first-order chi connectivity index (χ1) is 12.2. The summed E-state index contributed by atoms with van der Waals surface area (Å²) < 4.78 is 5.23. The fraction of sp³-hybridized carbons (Fsp3) is 0.350. The quantitative estimate of drug-likeness (QED) is 0.821. The van der Waals surface area contributed by atoms with Gasteiger partial charge >= 0.3 is 0 Å². The van der Waals surface area contributed by atoms with Gasteiger partial charge in [0.15, 0.2) is 0 Å². The van der Waals surface area contributed by atoms with Crippen molar-refractivity contribution in [3.05, 3.63) is 66.1 Å². The number of nitrogens with one attached hydrogen (secondary N) is 1. The first kappa shape index (κ1) is 17.5. The summed E-state index contributed by atoms with van der Waals surface area (Å²) in [5.41, 5.74) is 1.13. The van der Waals surface area contributed by atoms with E-state index >= 15 is 0 Å². The lowest BCUT2D eigenvalue weighted by atomic mass is 10.1. The van der Waals surface area contributed by atoms with Gasteiger partial charge in [0.1, 0.15) is 5.76 Å². The molecule has 5 heteroatoms. The molecule has 0 aliphatic carbocycles. The molecule has 0 bridgehead atoms. The lowest BCUT2D eigenvalue weighted by Crippen LogP contribution is -2.47. The number of benzene rings is 1. The lowest BCUT2D eigenvalue weighted by Gasteiger charge is -2.34. The third kappa shape index (κ3) is 5.31. The molecule has 3 rings (SSSR count). The van der Waals surface area contributed by atoms with Gasteiger partial charge in [0.05, 0.1) is 12.3 Å². The number of hydrogen-bond acceptors (Lipinski definition) is 4. The molecular weight excluding hydrogens is 314 g/mol. The number of piperazine rings is 1. The van der Waals surface area contributed by atoms with Crippen molar-refractivity contribution in [2.45, 2.75) is 6.04 Å². The Kier molecular flexibility index (Phi) is 6.04. The fourth-order valence-corrected chi connectivity index (χ4v) is 2.97. The maximum absolute atomic E-state index is 12.3. The highest BCUT2D eigenvalue weighted by molar-refractivity contribution is 5.91. The third-order valence-electron chi connectivity index (χ3n) is 4.50. The number of hydrogen-bond donors (Lipinski definition) is 1. The average molecular weight is 339 g/mol. The zero-order valence-corrected chi connectivity index (χ0v) is 14.6. The van der Waals surface area contributed by atoms with Crippen LogP contribution in [0.2, 0.25) is 0 Å². The molecule has 2 aromatic rings. The van der Waals surface area contributed by atoms with E-state index in [9.17, 15) is 4.79 Å². The van der Waals surface area contributed by atoms with Gasteiger partial charge in [-0.3, -0.25) is 9.69 Å². The van der Waals surface area contributed by atoms with Crippen molar-refractivity contribution in [3.8, 4) is 0 Å². The van der Waals surface area contributed by atoms with Crippen molar-refractivity contribution in [2.24, 2.45) is 0 Å². The molecule has 1 atom stereocenters. The van der Waals surface area contributed by atoms with Crippen LogP contribution < -0.4 is 5.32 Å². The fourth-order valence-electron chi connectivity index (χ4n) is 2.97. The van der Waals surface area contributed by atoms with Gasteiger partial charge in [-0.25, -0.2) is 0 Å². The lowest BCUT2D eigenvalue weighted by molar-refractivity contribution is -0.117. The van der Waals surface area contributed by atoms with E-state index in [0.29, 0.717) is 5.76 Å². The number of likely N-dealkylation sites (N-methyl/N-ethyl adjacent to an activating group) is 1. The molecule has 1 aliphatic heterocycles. The predicted molar refractivity (Wildman–Crippen MR) is 99.0 cm³/mol. The molecule has 0 saturated carbocycles. The van der Waals surface area contributed by atoms with Crippen LogP contribution in [0.25, 0.3) is 6.08 Å². The smallest absolute Gasteiger partial charge is 0.244 e.